The Morgan fingerprint density at radius 2 is 2.05 bits per heavy atom. The molecule has 3 nitrogen and oxygen atoms in total. The number of aromatic nitrogens is 2. The van der Waals surface area contributed by atoms with Crippen molar-refractivity contribution >= 4 is 50.7 Å². The summed E-state index contributed by atoms with van der Waals surface area (Å²) in [5.41, 5.74) is 0. The highest BCUT2D eigenvalue weighted by atomic mass is 35.5. The average molecular weight is 336 g/mol. The molecule has 108 valence electrons. The molecule has 0 aliphatic rings. The number of thiophene rings is 1. The van der Waals surface area contributed by atoms with Gasteiger partial charge in [-0.15, -0.1) is 23.1 Å². The molecular formula is C15H14ClN3S2. The first-order valence-electron chi connectivity index (χ1n) is 6.58. The molecular weight excluding hydrogens is 322 g/mol. The van der Waals surface area contributed by atoms with Gasteiger partial charge >= 0.3 is 0 Å². The quantitative estimate of drug-likeness (QED) is 0.410. The van der Waals surface area contributed by atoms with Crippen molar-refractivity contribution in [2.24, 2.45) is 0 Å². The van der Waals surface area contributed by atoms with E-state index in [4.69, 9.17) is 11.6 Å². The van der Waals surface area contributed by atoms with Gasteiger partial charge in [-0.25, -0.2) is 9.97 Å². The summed E-state index contributed by atoms with van der Waals surface area (Å²) in [6, 6.07) is 12.5. The lowest BCUT2D eigenvalue weighted by atomic mass is 10.3. The highest BCUT2D eigenvalue weighted by Gasteiger charge is 2.09. The zero-order chi connectivity index (χ0) is 14.7. The van der Waals surface area contributed by atoms with E-state index < -0.39 is 0 Å². The van der Waals surface area contributed by atoms with E-state index in [-0.39, 0.29) is 0 Å². The molecule has 0 radical (unpaired) electrons. The van der Waals surface area contributed by atoms with Gasteiger partial charge in [-0.2, -0.15) is 0 Å². The number of nitrogens with one attached hydrogen (secondary N) is 1. The van der Waals surface area contributed by atoms with Gasteiger partial charge in [0.1, 0.15) is 10.6 Å². The SMILES string of the molecule is Cc1cc2c(NCCSc3ccccc3)nc(Cl)nc2s1. The maximum absolute atomic E-state index is 5.98. The van der Waals surface area contributed by atoms with Crippen LogP contribution in [-0.2, 0) is 0 Å². The summed E-state index contributed by atoms with van der Waals surface area (Å²) < 4.78 is 0. The lowest BCUT2D eigenvalue weighted by molar-refractivity contribution is 1.15. The smallest absolute Gasteiger partial charge is 0.225 e. The first-order valence-corrected chi connectivity index (χ1v) is 8.76. The minimum absolute atomic E-state index is 0.294. The van der Waals surface area contributed by atoms with E-state index >= 15 is 0 Å². The van der Waals surface area contributed by atoms with Crippen molar-refractivity contribution in [2.45, 2.75) is 11.8 Å². The normalized spacial score (nSPS) is 11.0. The summed E-state index contributed by atoms with van der Waals surface area (Å²) in [5.74, 6) is 1.79. The Balaban J connectivity index is 1.65. The Bertz CT molecular complexity index is 743. The fraction of sp³-hybridized carbons (Fsp3) is 0.200. The molecule has 0 aliphatic carbocycles. The molecule has 1 N–H and O–H groups in total. The number of fused-ring (bicyclic) bond motifs is 1. The number of nitrogens with zero attached hydrogens (tertiary/aromatic N) is 2. The van der Waals surface area contributed by atoms with E-state index in [2.05, 4.69) is 52.5 Å². The van der Waals surface area contributed by atoms with E-state index in [9.17, 15) is 0 Å². The van der Waals surface area contributed by atoms with E-state index in [0.29, 0.717) is 5.28 Å². The molecule has 21 heavy (non-hydrogen) atoms. The van der Waals surface area contributed by atoms with Gasteiger partial charge in [-0.1, -0.05) is 18.2 Å². The van der Waals surface area contributed by atoms with Crippen molar-refractivity contribution < 1.29 is 0 Å². The first-order chi connectivity index (χ1) is 10.2. The van der Waals surface area contributed by atoms with Crippen LogP contribution < -0.4 is 5.32 Å². The maximum atomic E-state index is 5.98. The van der Waals surface area contributed by atoms with Crippen molar-refractivity contribution in [1.29, 1.82) is 0 Å². The number of anilines is 1. The number of benzene rings is 1. The fourth-order valence-electron chi connectivity index (χ4n) is 2.01. The Morgan fingerprint density at radius 3 is 2.86 bits per heavy atom. The monoisotopic (exact) mass is 335 g/mol. The number of hydrogen-bond donors (Lipinski definition) is 1. The predicted molar refractivity (Wildman–Crippen MR) is 92.8 cm³/mol. The second kappa shape index (κ2) is 6.64. The van der Waals surface area contributed by atoms with Crippen LogP contribution in [0, 0.1) is 6.92 Å². The summed E-state index contributed by atoms with van der Waals surface area (Å²) in [6.45, 7) is 2.90. The third kappa shape index (κ3) is 3.67. The number of hydrogen-bond acceptors (Lipinski definition) is 5. The van der Waals surface area contributed by atoms with Crippen LogP contribution in [0.1, 0.15) is 4.88 Å². The Kier molecular flexibility index (Phi) is 4.63. The van der Waals surface area contributed by atoms with Gasteiger partial charge in [-0.3, -0.25) is 0 Å². The predicted octanol–water partition coefficient (Wildman–Crippen LogP) is 4.86. The molecule has 2 heterocycles. The largest absolute Gasteiger partial charge is 0.369 e. The standard InChI is InChI=1S/C15H14ClN3S2/c1-10-9-12-13(18-15(16)19-14(12)21-10)17-7-8-20-11-5-3-2-4-6-11/h2-6,9H,7-8H2,1H3,(H,17,18,19). The highest BCUT2D eigenvalue weighted by molar-refractivity contribution is 7.99. The third-order valence-corrected chi connectivity index (χ3v) is 5.02. The summed E-state index contributed by atoms with van der Waals surface area (Å²) in [6.07, 6.45) is 0. The van der Waals surface area contributed by atoms with Crippen molar-refractivity contribution in [3.8, 4) is 0 Å². The highest BCUT2D eigenvalue weighted by Crippen LogP contribution is 2.29. The van der Waals surface area contributed by atoms with Gasteiger partial charge < -0.3 is 5.32 Å². The molecule has 0 amide bonds. The van der Waals surface area contributed by atoms with Gasteiger partial charge in [0, 0.05) is 22.1 Å². The molecule has 0 aliphatic heterocycles. The topological polar surface area (TPSA) is 37.8 Å². The van der Waals surface area contributed by atoms with Crippen LogP contribution in [0.15, 0.2) is 41.3 Å². The lowest BCUT2D eigenvalue weighted by Gasteiger charge is -2.07. The maximum Gasteiger partial charge on any atom is 0.225 e. The zero-order valence-electron chi connectivity index (χ0n) is 11.5. The van der Waals surface area contributed by atoms with Crippen LogP contribution in [0.5, 0.6) is 0 Å². The number of halogens is 1. The third-order valence-electron chi connectivity index (χ3n) is 2.90. The van der Waals surface area contributed by atoms with E-state index in [1.807, 2.05) is 17.8 Å². The van der Waals surface area contributed by atoms with E-state index in [0.717, 1.165) is 28.3 Å². The first kappa shape index (κ1) is 14.6. The molecule has 3 rings (SSSR count). The summed E-state index contributed by atoms with van der Waals surface area (Å²) in [4.78, 5) is 12.0. The van der Waals surface area contributed by atoms with Crippen LogP contribution in [0.3, 0.4) is 0 Å². The zero-order valence-corrected chi connectivity index (χ0v) is 13.9. The van der Waals surface area contributed by atoms with E-state index in [1.165, 1.54) is 9.77 Å². The van der Waals surface area contributed by atoms with Gasteiger partial charge in [0.05, 0.1) is 5.39 Å². The van der Waals surface area contributed by atoms with Crippen LogP contribution >= 0.6 is 34.7 Å². The number of thioether (sulfide) groups is 1. The summed E-state index contributed by atoms with van der Waals surface area (Å²) >= 11 is 9.43. The molecule has 0 bridgehead atoms. The number of rotatable bonds is 5. The molecule has 3 aromatic rings. The Hall–Kier alpha value is -1.30. The molecule has 0 saturated heterocycles. The lowest BCUT2D eigenvalue weighted by Crippen LogP contribution is -2.06. The summed E-state index contributed by atoms with van der Waals surface area (Å²) in [7, 11) is 0. The van der Waals surface area contributed by atoms with Crippen LogP contribution in [0.2, 0.25) is 5.28 Å². The molecule has 1 aromatic carbocycles. The van der Waals surface area contributed by atoms with Gasteiger partial charge in [-0.05, 0) is 36.7 Å². The molecule has 6 heteroatoms. The Labute approximate surface area is 136 Å². The molecule has 0 fully saturated rings. The Morgan fingerprint density at radius 1 is 1.24 bits per heavy atom. The van der Waals surface area contributed by atoms with Crippen LogP contribution in [0.4, 0.5) is 5.82 Å². The molecule has 0 unspecified atom stereocenters. The van der Waals surface area contributed by atoms with Crippen LogP contribution in [-0.4, -0.2) is 22.3 Å². The molecule has 2 aromatic heterocycles. The van der Waals surface area contributed by atoms with Crippen molar-refractivity contribution in [2.75, 3.05) is 17.6 Å². The second-order valence-electron chi connectivity index (χ2n) is 4.51. The van der Waals surface area contributed by atoms with Gasteiger partial charge in [0.15, 0.2) is 0 Å². The summed E-state index contributed by atoms with van der Waals surface area (Å²) in [5, 5.41) is 4.70. The van der Waals surface area contributed by atoms with Crippen molar-refractivity contribution in [1.82, 2.24) is 9.97 Å². The molecule has 0 atom stereocenters. The van der Waals surface area contributed by atoms with Gasteiger partial charge in [0.2, 0.25) is 5.28 Å². The van der Waals surface area contributed by atoms with Crippen molar-refractivity contribution in [3.63, 3.8) is 0 Å². The van der Waals surface area contributed by atoms with Crippen molar-refractivity contribution in [3.05, 3.63) is 46.6 Å². The minimum atomic E-state index is 0.294. The second-order valence-corrected chi connectivity index (χ2v) is 7.25. The van der Waals surface area contributed by atoms with Gasteiger partial charge in [0.25, 0.3) is 0 Å². The fourth-order valence-corrected chi connectivity index (χ4v) is 3.89. The van der Waals surface area contributed by atoms with Crippen LogP contribution in [0.25, 0.3) is 10.2 Å². The minimum Gasteiger partial charge on any atom is -0.369 e. The number of aryl methyl sites for hydroxylation is 1. The molecule has 0 saturated carbocycles. The average Bonchev–Trinajstić information content (AvgIpc) is 2.84. The van der Waals surface area contributed by atoms with E-state index in [1.54, 1.807) is 11.3 Å². The molecule has 0 spiro atoms.